The SMILES string of the molecule is Cc1cc(C(O)c2ccc(Br)c(F)c2)ccc1F. The number of halogens is 3. The maximum Gasteiger partial charge on any atom is 0.137 e. The summed E-state index contributed by atoms with van der Waals surface area (Å²) in [6.45, 7) is 1.62. The Bertz CT molecular complexity index is 533. The summed E-state index contributed by atoms with van der Waals surface area (Å²) < 4.78 is 26.9. The first-order valence-electron chi connectivity index (χ1n) is 5.38. The molecule has 0 aliphatic heterocycles. The second kappa shape index (κ2) is 5.16. The Morgan fingerprint density at radius 3 is 2.22 bits per heavy atom. The molecule has 0 saturated heterocycles. The molecule has 94 valence electrons. The maximum atomic E-state index is 13.4. The molecular formula is C14H11BrF2O. The van der Waals surface area contributed by atoms with Gasteiger partial charge in [0.15, 0.2) is 0 Å². The molecule has 0 aliphatic carbocycles. The predicted molar refractivity (Wildman–Crippen MR) is 69.3 cm³/mol. The molecule has 0 spiro atoms. The van der Waals surface area contributed by atoms with Crippen LogP contribution in [0.1, 0.15) is 22.8 Å². The van der Waals surface area contributed by atoms with Crippen LogP contribution < -0.4 is 0 Å². The Kier molecular flexibility index (Phi) is 3.78. The van der Waals surface area contributed by atoms with Gasteiger partial charge in [0.2, 0.25) is 0 Å². The Hall–Kier alpha value is -1.26. The number of aliphatic hydroxyl groups is 1. The lowest BCUT2D eigenvalue weighted by Crippen LogP contribution is -2.01. The Morgan fingerprint density at radius 2 is 1.61 bits per heavy atom. The molecule has 0 bridgehead atoms. The van der Waals surface area contributed by atoms with Crippen molar-refractivity contribution in [2.75, 3.05) is 0 Å². The number of aliphatic hydroxyl groups excluding tert-OH is 1. The average Bonchev–Trinajstić information content (AvgIpc) is 2.35. The third-order valence-corrected chi connectivity index (χ3v) is 3.40. The first-order valence-corrected chi connectivity index (χ1v) is 6.17. The first-order chi connectivity index (χ1) is 8.49. The van der Waals surface area contributed by atoms with Gasteiger partial charge in [-0.05, 0) is 57.7 Å². The molecule has 1 N–H and O–H groups in total. The van der Waals surface area contributed by atoms with Crippen LogP contribution in [0, 0.1) is 18.6 Å². The summed E-state index contributed by atoms with van der Waals surface area (Å²) in [5.41, 5.74) is 1.42. The van der Waals surface area contributed by atoms with Crippen molar-refractivity contribution in [3.05, 3.63) is 69.2 Å². The van der Waals surface area contributed by atoms with Crippen LogP contribution in [0.25, 0.3) is 0 Å². The van der Waals surface area contributed by atoms with Crippen LogP contribution >= 0.6 is 15.9 Å². The van der Waals surface area contributed by atoms with Crippen molar-refractivity contribution in [2.24, 2.45) is 0 Å². The molecular weight excluding hydrogens is 302 g/mol. The van der Waals surface area contributed by atoms with Gasteiger partial charge in [-0.3, -0.25) is 0 Å². The largest absolute Gasteiger partial charge is 0.384 e. The van der Waals surface area contributed by atoms with E-state index in [-0.39, 0.29) is 5.82 Å². The molecule has 1 nitrogen and oxygen atoms in total. The van der Waals surface area contributed by atoms with Crippen LogP contribution in [0.3, 0.4) is 0 Å². The van der Waals surface area contributed by atoms with E-state index in [1.165, 1.54) is 24.3 Å². The first kappa shape index (κ1) is 13.2. The molecule has 0 aliphatic rings. The lowest BCUT2D eigenvalue weighted by molar-refractivity contribution is 0.219. The minimum Gasteiger partial charge on any atom is -0.384 e. The highest BCUT2D eigenvalue weighted by molar-refractivity contribution is 9.10. The predicted octanol–water partition coefficient (Wildman–Crippen LogP) is 4.12. The third kappa shape index (κ3) is 2.60. The van der Waals surface area contributed by atoms with E-state index in [0.29, 0.717) is 21.2 Å². The molecule has 0 radical (unpaired) electrons. The summed E-state index contributed by atoms with van der Waals surface area (Å²) in [6.07, 6.45) is -0.966. The van der Waals surface area contributed by atoms with E-state index >= 15 is 0 Å². The van der Waals surface area contributed by atoms with E-state index in [2.05, 4.69) is 15.9 Å². The van der Waals surface area contributed by atoms with Crippen LogP contribution in [0.4, 0.5) is 8.78 Å². The van der Waals surface area contributed by atoms with Crippen LogP contribution in [-0.4, -0.2) is 5.11 Å². The Balaban J connectivity index is 2.37. The smallest absolute Gasteiger partial charge is 0.137 e. The second-order valence-electron chi connectivity index (χ2n) is 4.08. The van der Waals surface area contributed by atoms with Crippen molar-refractivity contribution in [3.63, 3.8) is 0 Å². The summed E-state index contributed by atoms with van der Waals surface area (Å²) in [4.78, 5) is 0. The van der Waals surface area contributed by atoms with Gasteiger partial charge in [-0.1, -0.05) is 18.2 Å². The highest BCUT2D eigenvalue weighted by Crippen LogP contribution is 2.26. The summed E-state index contributed by atoms with van der Waals surface area (Å²) in [6, 6.07) is 8.75. The van der Waals surface area contributed by atoms with Gasteiger partial charge in [0, 0.05) is 0 Å². The molecule has 1 atom stereocenters. The van der Waals surface area contributed by atoms with E-state index in [4.69, 9.17) is 0 Å². The molecule has 0 aromatic heterocycles. The van der Waals surface area contributed by atoms with Crippen molar-refractivity contribution in [3.8, 4) is 0 Å². The molecule has 2 aromatic carbocycles. The fourth-order valence-corrected chi connectivity index (χ4v) is 1.96. The van der Waals surface area contributed by atoms with Gasteiger partial charge in [0.1, 0.15) is 17.7 Å². The van der Waals surface area contributed by atoms with Gasteiger partial charge >= 0.3 is 0 Å². The quantitative estimate of drug-likeness (QED) is 0.884. The molecule has 0 saturated carbocycles. The maximum absolute atomic E-state index is 13.4. The summed E-state index contributed by atoms with van der Waals surface area (Å²) >= 11 is 3.05. The standard InChI is InChI=1S/C14H11BrF2O/c1-8-6-9(3-5-12(8)16)14(18)10-2-4-11(15)13(17)7-10/h2-7,14,18H,1H3. The summed E-state index contributed by atoms with van der Waals surface area (Å²) in [5, 5.41) is 10.1. The minimum absolute atomic E-state index is 0.326. The van der Waals surface area contributed by atoms with Gasteiger partial charge < -0.3 is 5.11 Å². The van der Waals surface area contributed by atoms with Gasteiger partial charge in [-0.15, -0.1) is 0 Å². The highest BCUT2D eigenvalue weighted by atomic mass is 79.9. The molecule has 2 aromatic rings. The zero-order valence-corrected chi connectivity index (χ0v) is 11.2. The fourth-order valence-electron chi connectivity index (χ4n) is 1.71. The Labute approximate surface area is 112 Å². The van der Waals surface area contributed by atoms with E-state index in [0.717, 1.165) is 0 Å². The highest BCUT2D eigenvalue weighted by Gasteiger charge is 2.13. The molecule has 2 rings (SSSR count). The van der Waals surface area contributed by atoms with Crippen molar-refractivity contribution in [1.82, 2.24) is 0 Å². The number of hydrogen-bond donors (Lipinski definition) is 1. The van der Waals surface area contributed by atoms with Gasteiger partial charge in [0.25, 0.3) is 0 Å². The molecule has 18 heavy (non-hydrogen) atoms. The fraction of sp³-hybridized carbons (Fsp3) is 0.143. The van der Waals surface area contributed by atoms with Crippen LogP contribution in [0.2, 0.25) is 0 Å². The normalized spacial score (nSPS) is 12.5. The van der Waals surface area contributed by atoms with Crippen LogP contribution in [0.15, 0.2) is 40.9 Å². The number of aryl methyl sites for hydroxylation is 1. The van der Waals surface area contributed by atoms with E-state index in [1.807, 2.05) is 0 Å². The summed E-state index contributed by atoms with van der Waals surface area (Å²) in [7, 11) is 0. The Morgan fingerprint density at radius 1 is 1.00 bits per heavy atom. The molecule has 0 fully saturated rings. The van der Waals surface area contributed by atoms with Crippen molar-refractivity contribution in [1.29, 1.82) is 0 Å². The molecule has 1 unspecified atom stereocenters. The lowest BCUT2D eigenvalue weighted by Gasteiger charge is -2.13. The van der Waals surface area contributed by atoms with E-state index in [1.54, 1.807) is 19.1 Å². The second-order valence-corrected chi connectivity index (χ2v) is 4.94. The number of hydrogen-bond acceptors (Lipinski definition) is 1. The van der Waals surface area contributed by atoms with Gasteiger partial charge in [0.05, 0.1) is 4.47 Å². The number of benzene rings is 2. The van der Waals surface area contributed by atoms with E-state index < -0.39 is 11.9 Å². The molecule has 4 heteroatoms. The average molecular weight is 313 g/mol. The van der Waals surface area contributed by atoms with Gasteiger partial charge in [-0.2, -0.15) is 0 Å². The van der Waals surface area contributed by atoms with Gasteiger partial charge in [-0.25, -0.2) is 8.78 Å². The van der Waals surface area contributed by atoms with Crippen LogP contribution in [0.5, 0.6) is 0 Å². The number of rotatable bonds is 2. The van der Waals surface area contributed by atoms with Crippen LogP contribution in [-0.2, 0) is 0 Å². The lowest BCUT2D eigenvalue weighted by atomic mass is 10.00. The molecule has 0 amide bonds. The van der Waals surface area contributed by atoms with Crippen molar-refractivity contribution in [2.45, 2.75) is 13.0 Å². The topological polar surface area (TPSA) is 20.2 Å². The molecule has 0 heterocycles. The van der Waals surface area contributed by atoms with Crippen molar-refractivity contribution < 1.29 is 13.9 Å². The zero-order valence-electron chi connectivity index (χ0n) is 9.62. The summed E-state index contributed by atoms with van der Waals surface area (Å²) in [5.74, 6) is -0.765. The monoisotopic (exact) mass is 312 g/mol. The van der Waals surface area contributed by atoms with E-state index in [9.17, 15) is 13.9 Å². The zero-order chi connectivity index (χ0) is 13.3. The van der Waals surface area contributed by atoms with Crippen molar-refractivity contribution >= 4 is 15.9 Å². The third-order valence-electron chi connectivity index (χ3n) is 2.76. The minimum atomic E-state index is -0.966.